The van der Waals surface area contributed by atoms with Crippen molar-refractivity contribution in [3.63, 3.8) is 0 Å². The molecule has 0 amide bonds. The normalized spacial score (nSPS) is 20.7. The van der Waals surface area contributed by atoms with E-state index in [-0.39, 0.29) is 18.2 Å². The Labute approximate surface area is 154 Å². The van der Waals surface area contributed by atoms with Crippen molar-refractivity contribution in [3.8, 4) is 11.1 Å². The highest BCUT2D eigenvalue weighted by Crippen LogP contribution is 2.55. The standard InChI is InChI=1S/C24H23NO/c26-17-19-11-8-16-25(19)24(18-9-2-1-3-10-18)22-14-6-4-12-20(22)21-13-5-7-15-23(21)24/h1-7,9-10,12-15,19,26H,8,11,16-17H2/t19-/m0/s1. The van der Waals surface area contributed by atoms with Crippen LogP contribution in [0.3, 0.4) is 0 Å². The minimum Gasteiger partial charge on any atom is -0.395 e. The molecule has 2 nitrogen and oxygen atoms in total. The molecule has 3 aromatic carbocycles. The molecular formula is C24H23NO. The van der Waals surface area contributed by atoms with E-state index in [0.29, 0.717) is 0 Å². The SMILES string of the molecule is OC[C@@H]1CCCN1C1(c2ccccc2)c2ccccc2-c2ccccc21. The van der Waals surface area contributed by atoms with Crippen molar-refractivity contribution >= 4 is 0 Å². The van der Waals surface area contributed by atoms with Gasteiger partial charge in [-0.1, -0.05) is 78.9 Å². The van der Waals surface area contributed by atoms with Gasteiger partial charge in [0.25, 0.3) is 0 Å². The van der Waals surface area contributed by atoms with Crippen LogP contribution in [0.2, 0.25) is 0 Å². The van der Waals surface area contributed by atoms with Gasteiger partial charge in [0.1, 0.15) is 0 Å². The van der Waals surface area contributed by atoms with Crippen molar-refractivity contribution in [1.29, 1.82) is 0 Å². The van der Waals surface area contributed by atoms with E-state index in [9.17, 15) is 5.11 Å². The van der Waals surface area contributed by atoms with E-state index in [0.717, 1.165) is 19.4 Å². The molecule has 0 saturated carbocycles. The van der Waals surface area contributed by atoms with Crippen LogP contribution in [0.5, 0.6) is 0 Å². The predicted molar refractivity (Wildman–Crippen MR) is 105 cm³/mol. The van der Waals surface area contributed by atoms with Crippen LogP contribution in [0.25, 0.3) is 11.1 Å². The van der Waals surface area contributed by atoms with E-state index < -0.39 is 0 Å². The van der Waals surface area contributed by atoms with Crippen molar-refractivity contribution in [2.45, 2.75) is 24.4 Å². The molecule has 2 aliphatic rings. The Hall–Kier alpha value is -2.42. The maximum atomic E-state index is 10.1. The summed E-state index contributed by atoms with van der Waals surface area (Å²) in [4.78, 5) is 2.55. The number of hydrogen-bond donors (Lipinski definition) is 1. The molecule has 1 aliphatic carbocycles. The molecule has 1 saturated heterocycles. The molecule has 1 atom stereocenters. The lowest BCUT2D eigenvalue weighted by Crippen LogP contribution is -2.50. The average Bonchev–Trinajstić information content (AvgIpc) is 3.30. The van der Waals surface area contributed by atoms with Crippen molar-refractivity contribution in [1.82, 2.24) is 4.90 Å². The molecule has 130 valence electrons. The van der Waals surface area contributed by atoms with Crippen molar-refractivity contribution in [3.05, 3.63) is 95.6 Å². The fourth-order valence-electron chi connectivity index (χ4n) is 5.14. The number of aliphatic hydroxyl groups is 1. The zero-order chi connectivity index (χ0) is 17.6. The average molecular weight is 341 g/mol. The summed E-state index contributed by atoms with van der Waals surface area (Å²) in [5, 5.41) is 10.1. The number of fused-ring (bicyclic) bond motifs is 3. The first kappa shape index (κ1) is 15.8. The number of benzene rings is 3. The van der Waals surface area contributed by atoms with Gasteiger partial charge < -0.3 is 5.11 Å². The number of hydrogen-bond acceptors (Lipinski definition) is 2. The Kier molecular flexibility index (Phi) is 3.70. The molecule has 1 N–H and O–H groups in total. The van der Waals surface area contributed by atoms with Gasteiger partial charge in [-0.25, -0.2) is 0 Å². The van der Waals surface area contributed by atoms with Crippen LogP contribution in [0.4, 0.5) is 0 Å². The van der Waals surface area contributed by atoms with E-state index in [1.807, 2.05) is 0 Å². The number of aliphatic hydroxyl groups excluding tert-OH is 1. The third kappa shape index (κ3) is 2.00. The minimum atomic E-state index is -0.321. The second kappa shape index (κ2) is 6.08. The summed E-state index contributed by atoms with van der Waals surface area (Å²) < 4.78 is 0. The van der Waals surface area contributed by atoms with Crippen LogP contribution in [0.15, 0.2) is 78.9 Å². The van der Waals surface area contributed by atoms with Crippen LogP contribution in [0, 0.1) is 0 Å². The molecule has 0 unspecified atom stereocenters. The molecule has 5 rings (SSSR count). The Morgan fingerprint density at radius 3 is 2.00 bits per heavy atom. The second-order valence-electron chi connectivity index (χ2n) is 7.34. The first-order valence-corrected chi connectivity index (χ1v) is 9.50. The van der Waals surface area contributed by atoms with Gasteiger partial charge >= 0.3 is 0 Å². The molecule has 1 aliphatic heterocycles. The molecule has 1 fully saturated rings. The fourth-order valence-corrected chi connectivity index (χ4v) is 5.14. The topological polar surface area (TPSA) is 23.5 Å². The minimum absolute atomic E-state index is 0.189. The maximum absolute atomic E-state index is 10.1. The van der Waals surface area contributed by atoms with Crippen molar-refractivity contribution in [2.75, 3.05) is 13.2 Å². The molecule has 0 bridgehead atoms. The Balaban J connectivity index is 1.89. The molecule has 0 spiro atoms. The van der Waals surface area contributed by atoms with Crippen LogP contribution in [-0.2, 0) is 5.54 Å². The summed E-state index contributed by atoms with van der Waals surface area (Å²) >= 11 is 0. The van der Waals surface area contributed by atoms with Gasteiger partial charge in [0.15, 0.2) is 0 Å². The van der Waals surface area contributed by atoms with E-state index in [1.54, 1.807) is 0 Å². The largest absolute Gasteiger partial charge is 0.395 e. The summed E-state index contributed by atoms with van der Waals surface area (Å²) in [5.74, 6) is 0. The van der Waals surface area contributed by atoms with E-state index in [2.05, 4.69) is 83.8 Å². The van der Waals surface area contributed by atoms with Crippen molar-refractivity contribution in [2.24, 2.45) is 0 Å². The van der Waals surface area contributed by atoms with Crippen LogP contribution in [0.1, 0.15) is 29.5 Å². The highest BCUT2D eigenvalue weighted by molar-refractivity contribution is 5.83. The van der Waals surface area contributed by atoms with Gasteiger partial charge in [-0.3, -0.25) is 4.90 Å². The molecule has 1 heterocycles. The van der Waals surface area contributed by atoms with E-state index in [1.165, 1.54) is 27.8 Å². The summed E-state index contributed by atoms with van der Waals surface area (Å²) in [6, 6.07) is 28.6. The first-order chi connectivity index (χ1) is 12.9. The van der Waals surface area contributed by atoms with Gasteiger partial charge in [-0.05, 0) is 40.7 Å². The number of rotatable bonds is 3. The summed E-state index contributed by atoms with van der Waals surface area (Å²) in [6.45, 7) is 1.21. The molecule has 3 aromatic rings. The molecule has 2 heteroatoms. The number of likely N-dealkylation sites (tertiary alicyclic amines) is 1. The lowest BCUT2D eigenvalue weighted by Gasteiger charge is -2.44. The van der Waals surface area contributed by atoms with Gasteiger partial charge in [-0.2, -0.15) is 0 Å². The smallest absolute Gasteiger partial charge is 0.0988 e. The molecule has 26 heavy (non-hydrogen) atoms. The van der Waals surface area contributed by atoms with Crippen LogP contribution >= 0.6 is 0 Å². The molecule has 0 radical (unpaired) electrons. The summed E-state index contributed by atoms with van der Waals surface area (Å²) in [5.41, 5.74) is 6.28. The van der Waals surface area contributed by atoms with E-state index >= 15 is 0 Å². The third-order valence-corrected chi connectivity index (χ3v) is 6.13. The lowest BCUT2D eigenvalue weighted by atomic mass is 9.78. The Morgan fingerprint density at radius 2 is 1.38 bits per heavy atom. The molecular weight excluding hydrogens is 318 g/mol. The highest BCUT2D eigenvalue weighted by Gasteiger charge is 2.51. The highest BCUT2D eigenvalue weighted by atomic mass is 16.3. The predicted octanol–water partition coefficient (Wildman–Crippen LogP) is 4.42. The Morgan fingerprint density at radius 1 is 0.808 bits per heavy atom. The van der Waals surface area contributed by atoms with Crippen LogP contribution < -0.4 is 0 Å². The molecule has 0 aromatic heterocycles. The van der Waals surface area contributed by atoms with E-state index in [4.69, 9.17) is 0 Å². The van der Waals surface area contributed by atoms with Gasteiger partial charge in [0, 0.05) is 12.6 Å². The lowest BCUT2D eigenvalue weighted by molar-refractivity contribution is 0.0953. The Bertz CT molecular complexity index is 888. The zero-order valence-corrected chi connectivity index (χ0v) is 14.8. The monoisotopic (exact) mass is 341 g/mol. The second-order valence-corrected chi connectivity index (χ2v) is 7.34. The van der Waals surface area contributed by atoms with Crippen molar-refractivity contribution < 1.29 is 5.11 Å². The first-order valence-electron chi connectivity index (χ1n) is 9.50. The van der Waals surface area contributed by atoms with Gasteiger partial charge in [0.05, 0.1) is 12.1 Å². The quantitative estimate of drug-likeness (QED) is 0.762. The summed E-state index contributed by atoms with van der Waals surface area (Å²) in [6.07, 6.45) is 2.18. The third-order valence-electron chi connectivity index (χ3n) is 6.13. The van der Waals surface area contributed by atoms with Crippen LogP contribution in [-0.4, -0.2) is 29.2 Å². The number of nitrogens with zero attached hydrogens (tertiary/aromatic N) is 1. The van der Waals surface area contributed by atoms with Gasteiger partial charge in [-0.15, -0.1) is 0 Å². The zero-order valence-electron chi connectivity index (χ0n) is 14.8. The maximum Gasteiger partial charge on any atom is 0.0988 e. The van der Waals surface area contributed by atoms with Gasteiger partial charge in [0.2, 0.25) is 0 Å². The summed E-state index contributed by atoms with van der Waals surface area (Å²) in [7, 11) is 0. The fraction of sp³-hybridized carbons (Fsp3) is 0.250.